The number of carbonyl (C=O) groups excluding carboxylic acids is 1. The number of hydrogen-bond donors (Lipinski definition) is 2. The summed E-state index contributed by atoms with van der Waals surface area (Å²) < 4.78 is 5.21. The second-order valence-corrected chi connectivity index (χ2v) is 7.02. The van der Waals surface area contributed by atoms with Crippen LogP contribution in [0.25, 0.3) is 11.1 Å². The fourth-order valence-electron chi connectivity index (χ4n) is 2.42. The van der Waals surface area contributed by atoms with Gasteiger partial charge in [-0.1, -0.05) is 54.6 Å². The van der Waals surface area contributed by atoms with E-state index in [2.05, 4.69) is 0 Å². The second-order valence-electron chi connectivity index (χ2n) is 7.02. The summed E-state index contributed by atoms with van der Waals surface area (Å²) in [5.74, 6) is -2.36. The first kappa shape index (κ1) is 18.7. The van der Waals surface area contributed by atoms with Crippen LogP contribution in [0.2, 0.25) is 0 Å². The predicted molar refractivity (Wildman–Crippen MR) is 96.0 cm³/mol. The Labute approximate surface area is 147 Å². The number of hydrogen-bond acceptors (Lipinski definition) is 4. The third kappa shape index (κ3) is 4.67. The van der Waals surface area contributed by atoms with Gasteiger partial charge in [-0.3, -0.25) is 0 Å². The van der Waals surface area contributed by atoms with Crippen LogP contribution < -0.4 is 5.73 Å². The average molecular weight is 341 g/mol. The van der Waals surface area contributed by atoms with Crippen molar-refractivity contribution in [1.82, 2.24) is 0 Å². The zero-order valence-corrected chi connectivity index (χ0v) is 14.7. The standard InChI is InChI=1S/C20H23NO4/c1-19(2,3)25-18(24)20(21,17(22)23)13-14-8-7-11-16(12-14)15-9-5-4-6-10-15/h4-12H,13,21H2,1-3H3,(H,22,23)/t20-/m0/s1. The minimum atomic E-state index is -2.14. The van der Waals surface area contributed by atoms with Gasteiger partial charge in [-0.05, 0) is 37.5 Å². The fourth-order valence-corrected chi connectivity index (χ4v) is 2.42. The Balaban J connectivity index is 2.31. The van der Waals surface area contributed by atoms with E-state index in [1.807, 2.05) is 48.5 Å². The van der Waals surface area contributed by atoms with Gasteiger partial charge in [0.25, 0.3) is 0 Å². The number of carboxylic acid groups (broad SMARTS) is 1. The van der Waals surface area contributed by atoms with E-state index in [0.29, 0.717) is 5.56 Å². The van der Waals surface area contributed by atoms with E-state index < -0.39 is 23.1 Å². The maximum absolute atomic E-state index is 12.4. The molecule has 0 aliphatic heterocycles. The minimum Gasteiger partial charge on any atom is -0.479 e. The number of esters is 1. The minimum absolute atomic E-state index is 0.155. The smallest absolute Gasteiger partial charge is 0.338 e. The van der Waals surface area contributed by atoms with Gasteiger partial charge in [-0.2, -0.15) is 0 Å². The van der Waals surface area contributed by atoms with Crippen molar-refractivity contribution in [3.63, 3.8) is 0 Å². The highest BCUT2D eigenvalue weighted by Crippen LogP contribution is 2.23. The van der Waals surface area contributed by atoms with Gasteiger partial charge in [0.1, 0.15) is 5.60 Å². The lowest BCUT2D eigenvalue weighted by Crippen LogP contribution is -2.58. The Morgan fingerprint density at radius 1 is 1.00 bits per heavy atom. The van der Waals surface area contributed by atoms with E-state index in [1.54, 1.807) is 26.8 Å². The average Bonchev–Trinajstić information content (AvgIpc) is 2.54. The van der Waals surface area contributed by atoms with Crippen LogP contribution in [-0.2, 0) is 20.7 Å². The van der Waals surface area contributed by atoms with Crippen LogP contribution >= 0.6 is 0 Å². The molecule has 0 fully saturated rings. The molecular formula is C20H23NO4. The molecule has 5 nitrogen and oxygen atoms in total. The molecule has 0 heterocycles. The summed E-state index contributed by atoms with van der Waals surface area (Å²) in [6, 6.07) is 17.0. The third-order valence-electron chi connectivity index (χ3n) is 3.66. The van der Waals surface area contributed by atoms with Crippen LogP contribution in [0.15, 0.2) is 54.6 Å². The molecule has 2 rings (SSSR count). The van der Waals surface area contributed by atoms with Gasteiger partial charge in [0.2, 0.25) is 5.54 Å². The second kappa shape index (κ2) is 7.07. The maximum atomic E-state index is 12.4. The quantitative estimate of drug-likeness (QED) is 0.644. The normalized spacial score (nSPS) is 13.8. The van der Waals surface area contributed by atoms with Crippen molar-refractivity contribution < 1.29 is 19.4 Å². The number of ether oxygens (including phenoxy) is 1. The van der Waals surface area contributed by atoms with Gasteiger partial charge in [-0.15, -0.1) is 0 Å². The van der Waals surface area contributed by atoms with Crippen molar-refractivity contribution in [2.45, 2.75) is 38.3 Å². The van der Waals surface area contributed by atoms with E-state index in [9.17, 15) is 14.7 Å². The van der Waals surface area contributed by atoms with Gasteiger partial charge >= 0.3 is 11.9 Å². The molecule has 0 saturated heterocycles. The van der Waals surface area contributed by atoms with Crippen LogP contribution in [0.3, 0.4) is 0 Å². The molecule has 0 bridgehead atoms. The number of aliphatic carboxylic acids is 1. The molecule has 0 saturated carbocycles. The molecule has 1 atom stereocenters. The highest BCUT2D eigenvalue weighted by Gasteiger charge is 2.45. The number of benzene rings is 2. The Kier molecular flexibility index (Phi) is 5.28. The number of nitrogens with two attached hydrogens (primary N) is 1. The number of carboxylic acids is 1. The molecule has 3 N–H and O–H groups in total. The molecule has 5 heteroatoms. The molecule has 0 unspecified atom stereocenters. The van der Waals surface area contributed by atoms with Crippen molar-refractivity contribution in [3.05, 3.63) is 60.2 Å². The molecular weight excluding hydrogens is 318 g/mol. The third-order valence-corrected chi connectivity index (χ3v) is 3.66. The zero-order chi connectivity index (χ0) is 18.7. The summed E-state index contributed by atoms with van der Waals surface area (Å²) in [4.78, 5) is 24.0. The van der Waals surface area contributed by atoms with E-state index in [-0.39, 0.29) is 6.42 Å². The van der Waals surface area contributed by atoms with Crippen LogP contribution in [0.5, 0.6) is 0 Å². The summed E-state index contributed by atoms with van der Waals surface area (Å²) in [7, 11) is 0. The molecule has 0 amide bonds. The van der Waals surface area contributed by atoms with Crippen molar-refractivity contribution in [2.24, 2.45) is 5.73 Å². The summed E-state index contributed by atoms with van der Waals surface area (Å²) >= 11 is 0. The van der Waals surface area contributed by atoms with Crippen LogP contribution in [0, 0.1) is 0 Å². The van der Waals surface area contributed by atoms with E-state index in [0.717, 1.165) is 11.1 Å². The predicted octanol–water partition coefficient (Wildman–Crippen LogP) is 3.02. The molecule has 25 heavy (non-hydrogen) atoms. The van der Waals surface area contributed by atoms with E-state index in [4.69, 9.17) is 10.5 Å². The monoisotopic (exact) mass is 341 g/mol. The summed E-state index contributed by atoms with van der Waals surface area (Å²) in [6.45, 7) is 5.01. The van der Waals surface area contributed by atoms with Gasteiger partial charge in [0.05, 0.1) is 0 Å². The van der Waals surface area contributed by atoms with Gasteiger partial charge in [0, 0.05) is 6.42 Å². The summed E-state index contributed by atoms with van der Waals surface area (Å²) in [6.07, 6.45) is -0.155. The lowest BCUT2D eigenvalue weighted by atomic mass is 9.90. The highest BCUT2D eigenvalue weighted by atomic mass is 16.6. The van der Waals surface area contributed by atoms with Crippen molar-refractivity contribution in [3.8, 4) is 11.1 Å². The summed E-state index contributed by atoms with van der Waals surface area (Å²) in [5.41, 5.74) is 5.56. The van der Waals surface area contributed by atoms with Crippen molar-refractivity contribution >= 4 is 11.9 Å². The maximum Gasteiger partial charge on any atom is 0.338 e. The largest absolute Gasteiger partial charge is 0.479 e. The first-order chi connectivity index (χ1) is 11.6. The van der Waals surface area contributed by atoms with Crippen LogP contribution in [-0.4, -0.2) is 28.2 Å². The number of carbonyl (C=O) groups is 2. The van der Waals surface area contributed by atoms with Crippen LogP contribution in [0.1, 0.15) is 26.3 Å². The molecule has 132 valence electrons. The molecule has 0 aliphatic carbocycles. The van der Waals surface area contributed by atoms with Crippen molar-refractivity contribution in [2.75, 3.05) is 0 Å². The molecule has 2 aromatic carbocycles. The Hall–Kier alpha value is -2.66. The lowest BCUT2D eigenvalue weighted by Gasteiger charge is -2.28. The Morgan fingerprint density at radius 2 is 1.60 bits per heavy atom. The fraction of sp³-hybridized carbons (Fsp3) is 0.300. The van der Waals surface area contributed by atoms with E-state index >= 15 is 0 Å². The first-order valence-corrected chi connectivity index (χ1v) is 8.02. The van der Waals surface area contributed by atoms with E-state index in [1.165, 1.54) is 0 Å². The SMILES string of the molecule is CC(C)(C)OC(=O)[C@](N)(Cc1cccc(-c2ccccc2)c1)C(=O)O. The van der Waals surface area contributed by atoms with Gasteiger partial charge in [0.15, 0.2) is 0 Å². The van der Waals surface area contributed by atoms with Gasteiger partial charge in [-0.25, -0.2) is 9.59 Å². The highest BCUT2D eigenvalue weighted by molar-refractivity contribution is 6.04. The first-order valence-electron chi connectivity index (χ1n) is 8.02. The van der Waals surface area contributed by atoms with Crippen molar-refractivity contribution in [1.29, 1.82) is 0 Å². The molecule has 0 spiro atoms. The summed E-state index contributed by atoms with van der Waals surface area (Å²) in [5, 5.41) is 9.52. The lowest BCUT2D eigenvalue weighted by molar-refractivity contribution is -0.169. The topological polar surface area (TPSA) is 89.6 Å². The Bertz CT molecular complexity index is 765. The molecule has 0 aliphatic rings. The van der Waals surface area contributed by atoms with Crippen LogP contribution in [0.4, 0.5) is 0 Å². The molecule has 0 radical (unpaired) electrons. The number of rotatable bonds is 5. The molecule has 0 aromatic heterocycles. The van der Waals surface area contributed by atoms with Gasteiger partial charge < -0.3 is 15.6 Å². The molecule has 2 aromatic rings. The zero-order valence-electron chi connectivity index (χ0n) is 14.7. The Morgan fingerprint density at radius 3 is 2.16 bits per heavy atom.